The second kappa shape index (κ2) is 3.47. The normalized spacial score (nSPS) is 11.6. The van der Waals surface area contributed by atoms with E-state index in [1.165, 1.54) is 16.2 Å². The fraction of sp³-hybridized carbons (Fsp3) is 0. The molecule has 3 heteroatoms. The molecule has 86 valence electrons. The van der Waals surface area contributed by atoms with E-state index in [0.29, 0.717) is 5.15 Å². The van der Waals surface area contributed by atoms with Crippen molar-refractivity contribution in [2.24, 2.45) is 0 Å². The summed E-state index contributed by atoms with van der Waals surface area (Å²) in [5, 5.41) is 13.4. The van der Waals surface area contributed by atoms with E-state index in [-0.39, 0.29) is 0 Å². The van der Waals surface area contributed by atoms with Crippen LogP contribution < -0.4 is 0 Å². The highest BCUT2D eigenvalue weighted by Gasteiger charge is 2.08. The summed E-state index contributed by atoms with van der Waals surface area (Å²) >= 11 is 6.18. The standard InChI is InChI=1S/C15H9ClN2/c16-15-14-12-8-10-4-2-1-3-9(10)7-11(12)5-6-13(14)17-18-15/h1-8H,(H,17,18). The maximum atomic E-state index is 6.18. The molecule has 4 rings (SSSR count). The molecule has 1 aromatic heterocycles. The number of hydrogen-bond donors (Lipinski definition) is 1. The Morgan fingerprint density at radius 2 is 1.67 bits per heavy atom. The molecule has 0 spiro atoms. The van der Waals surface area contributed by atoms with E-state index in [1.54, 1.807) is 0 Å². The highest BCUT2D eigenvalue weighted by atomic mass is 35.5. The molecule has 0 atom stereocenters. The van der Waals surface area contributed by atoms with E-state index in [2.05, 4.69) is 46.6 Å². The number of fused-ring (bicyclic) bond motifs is 4. The number of rotatable bonds is 0. The van der Waals surface area contributed by atoms with Crippen molar-refractivity contribution in [2.45, 2.75) is 0 Å². The number of aromatic amines is 1. The number of nitrogens with one attached hydrogen (secondary N) is 1. The van der Waals surface area contributed by atoms with Gasteiger partial charge < -0.3 is 0 Å². The smallest absolute Gasteiger partial charge is 0.132 e. The Bertz CT molecular complexity index is 893. The number of hydrogen-bond acceptors (Lipinski definition) is 1. The minimum atomic E-state index is 0.603. The second-order valence-corrected chi connectivity index (χ2v) is 4.80. The predicted molar refractivity (Wildman–Crippen MR) is 76.1 cm³/mol. The molecule has 1 N–H and O–H groups in total. The highest BCUT2D eigenvalue weighted by molar-refractivity contribution is 6.36. The predicted octanol–water partition coefficient (Wildman–Crippen LogP) is 4.52. The zero-order valence-corrected chi connectivity index (χ0v) is 10.2. The number of benzene rings is 3. The van der Waals surface area contributed by atoms with Crippen LogP contribution in [0.4, 0.5) is 0 Å². The molecule has 0 bridgehead atoms. The molecule has 0 aliphatic carbocycles. The Hall–Kier alpha value is -2.06. The first-order valence-electron chi connectivity index (χ1n) is 5.78. The lowest BCUT2D eigenvalue weighted by atomic mass is 10.0. The van der Waals surface area contributed by atoms with E-state index >= 15 is 0 Å². The topological polar surface area (TPSA) is 28.7 Å². The van der Waals surface area contributed by atoms with Crippen LogP contribution in [-0.2, 0) is 0 Å². The lowest BCUT2D eigenvalue weighted by Gasteiger charge is -2.03. The van der Waals surface area contributed by atoms with Crippen LogP contribution in [0.1, 0.15) is 0 Å². The summed E-state index contributed by atoms with van der Waals surface area (Å²) in [5.74, 6) is 0. The van der Waals surface area contributed by atoms with Gasteiger partial charge in [-0.25, -0.2) is 0 Å². The van der Waals surface area contributed by atoms with Crippen molar-refractivity contribution in [3.05, 3.63) is 53.7 Å². The SMILES string of the molecule is Clc1[nH]nc2ccc3cc4ccccc4cc3c12. The van der Waals surface area contributed by atoms with Crippen LogP contribution in [0.5, 0.6) is 0 Å². The second-order valence-electron chi connectivity index (χ2n) is 4.42. The Balaban J connectivity index is 2.30. The van der Waals surface area contributed by atoms with Crippen LogP contribution in [0.3, 0.4) is 0 Å². The van der Waals surface area contributed by atoms with Crippen molar-refractivity contribution in [3.8, 4) is 0 Å². The molecule has 0 aliphatic heterocycles. The number of H-pyrrole nitrogens is 1. The summed E-state index contributed by atoms with van der Waals surface area (Å²) in [6, 6.07) is 16.8. The summed E-state index contributed by atoms with van der Waals surface area (Å²) in [4.78, 5) is 0. The fourth-order valence-corrected chi connectivity index (χ4v) is 2.73. The molecule has 0 amide bonds. The largest absolute Gasteiger partial charge is 0.266 e. The average Bonchev–Trinajstić information content (AvgIpc) is 2.78. The van der Waals surface area contributed by atoms with Crippen LogP contribution >= 0.6 is 11.6 Å². The van der Waals surface area contributed by atoms with Gasteiger partial charge in [0.25, 0.3) is 0 Å². The highest BCUT2D eigenvalue weighted by Crippen LogP contribution is 2.32. The van der Waals surface area contributed by atoms with Crippen molar-refractivity contribution in [2.75, 3.05) is 0 Å². The van der Waals surface area contributed by atoms with Crippen molar-refractivity contribution < 1.29 is 0 Å². The van der Waals surface area contributed by atoms with Crippen LogP contribution in [0.15, 0.2) is 48.5 Å². The molecule has 0 saturated heterocycles. The van der Waals surface area contributed by atoms with Crippen LogP contribution in [-0.4, -0.2) is 10.2 Å². The van der Waals surface area contributed by atoms with Crippen molar-refractivity contribution in [3.63, 3.8) is 0 Å². The van der Waals surface area contributed by atoms with Crippen LogP contribution in [0.25, 0.3) is 32.4 Å². The molecular formula is C15H9ClN2. The van der Waals surface area contributed by atoms with Gasteiger partial charge in [0.1, 0.15) is 5.15 Å². The van der Waals surface area contributed by atoms with Gasteiger partial charge in [-0.05, 0) is 39.7 Å². The Labute approximate surface area is 108 Å². The van der Waals surface area contributed by atoms with Crippen LogP contribution in [0.2, 0.25) is 5.15 Å². The van der Waals surface area contributed by atoms with Gasteiger partial charge in [0.2, 0.25) is 0 Å². The third-order valence-electron chi connectivity index (χ3n) is 3.36. The van der Waals surface area contributed by atoms with Gasteiger partial charge in [-0.15, -0.1) is 0 Å². The summed E-state index contributed by atoms with van der Waals surface area (Å²) in [6.07, 6.45) is 0. The quantitative estimate of drug-likeness (QED) is 0.458. The third kappa shape index (κ3) is 1.27. The zero-order chi connectivity index (χ0) is 12.1. The number of halogens is 1. The van der Waals surface area contributed by atoms with E-state index < -0.39 is 0 Å². The summed E-state index contributed by atoms with van der Waals surface area (Å²) in [5.41, 5.74) is 0.905. The minimum Gasteiger partial charge on any atom is -0.266 e. The molecule has 0 unspecified atom stereocenters. The first-order valence-corrected chi connectivity index (χ1v) is 6.16. The van der Waals surface area contributed by atoms with Gasteiger partial charge in [-0.1, -0.05) is 41.9 Å². The van der Waals surface area contributed by atoms with Crippen LogP contribution in [0, 0.1) is 0 Å². The van der Waals surface area contributed by atoms with Crippen molar-refractivity contribution >= 4 is 44.0 Å². The Kier molecular flexibility index (Phi) is 1.91. The van der Waals surface area contributed by atoms with E-state index in [0.717, 1.165) is 16.3 Å². The Morgan fingerprint density at radius 3 is 2.50 bits per heavy atom. The van der Waals surface area contributed by atoms with Gasteiger partial charge in [0.15, 0.2) is 0 Å². The maximum absolute atomic E-state index is 6.18. The van der Waals surface area contributed by atoms with E-state index in [4.69, 9.17) is 11.6 Å². The zero-order valence-electron chi connectivity index (χ0n) is 9.44. The summed E-state index contributed by atoms with van der Waals surface area (Å²) < 4.78 is 0. The lowest BCUT2D eigenvalue weighted by molar-refractivity contribution is 1.12. The van der Waals surface area contributed by atoms with Gasteiger partial charge >= 0.3 is 0 Å². The van der Waals surface area contributed by atoms with Gasteiger partial charge in [0.05, 0.1) is 5.52 Å². The Morgan fingerprint density at radius 1 is 0.889 bits per heavy atom. The maximum Gasteiger partial charge on any atom is 0.132 e. The molecule has 0 fully saturated rings. The average molecular weight is 253 g/mol. The first-order chi connectivity index (χ1) is 8.83. The molecular weight excluding hydrogens is 244 g/mol. The molecule has 4 aromatic rings. The van der Waals surface area contributed by atoms with E-state index in [9.17, 15) is 0 Å². The molecule has 2 nitrogen and oxygen atoms in total. The fourth-order valence-electron chi connectivity index (χ4n) is 2.49. The van der Waals surface area contributed by atoms with Gasteiger partial charge in [-0.3, -0.25) is 5.10 Å². The monoisotopic (exact) mass is 252 g/mol. The summed E-state index contributed by atoms with van der Waals surface area (Å²) in [7, 11) is 0. The van der Waals surface area contributed by atoms with Crippen molar-refractivity contribution in [1.29, 1.82) is 0 Å². The minimum absolute atomic E-state index is 0.603. The molecule has 18 heavy (non-hydrogen) atoms. The number of nitrogens with zero attached hydrogens (tertiary/aromatic N) is 1. The van der Waals surface area contributed by atoms with Gasteiger partial charge in [-0.2, -0.15) is 5.10 Å². The van der Waals surface area contributed by atoms with Gasteiger partial charge in [0, 0.05) is 5.39 Å². The number of aromatic nitrogens is 2. The molecule has 0 aliphatic rings. The molecule has 3 aromatic carbocycles. The molecule has 0 saturated carbocycles. The third-order valence-corrected chi connectivity index (χ3v) is 3.63. The molecule has 1 heterocycles. The first kappa shape index (κ1) is 9.92. The lowest BCUT2D eigenvalue weighted by Crippen LogP contribution is -1.78. The van der Waals surface area contributed by atoms with Crippen molar-refractivity contribution in [1.82, 2.24) is 10.2 Å². The molecule has 0 radical (unpaired) electrons. The van der Waals surface area contributed by atoms with E-state index in [1.807, 2.05) is 12.1 Å². The summed E-state index contributed by atoms with van der Waals surface area (Å²) in [6.45, 7) is 0.